The van der Waals surface area contributed by atoms with Crippen molar-refractivity contribution in [2.24, 2.45) is 0 Å². The van der Waals surface area contributed by atoms with Crippen LogP contribution in [0.4, 0.5) is 0 Å². The average molecular weight is 294 g/mol. The minimum absolute atomic E-state index is 0.727. The molecule has 2 aliphatic rings. The van der Waals surface area contributed by atoms with Gasteiger partial charge in [0.1, 0.15) is 0 Å². The first kappa shape index (κ1) is 14.3. The van der Waals surface area contributed by atoms with Crippen LogP contribution in [0.2, 0.25) is 5.02 Å². The third-order valence-electron chi connectivity index (χ3n) is 4.46. The molecule has 2 aliphatic heterocycles. The van der Waals surface area contributed by atoms with Crippen molar-refractivity contribution in [1.29, 1.82) is 0 Å². The fourth-order valence-corrected chi connectivity index (χ4v) is 3.42. The molecule has 0 spiro atoms. The largest absolute Gasteiger partial charge is 0.313 e. The van der Waals surface area contributed by atoms with Crippen molar-refractivity contribution in [3.8, 4) is 0 Å². The number of nitrogens with one attached hydrogen (secondary N) is 1. The summed E-state index contributed by atoms with van der Waals surface area (Å²) < 4.78 is 0. The maximum Gasteiger partial charge on any atom is 0.0451 e. The molecule has 1 unspecified atom stereocenters. The Bertz CT molecular complexity index is 423. The summed E-state index contributed by atoms with van der Waals surface area (Å²) in [5, 5.41) is 4.48. The van der Waals surface area contributed by atoms with Crippen LogP contribution in [-0.2, 0) is 6.54 Å². The van der Waals surface area contributed by atoms with Crippen LogP contribution in [0, 0.1) is 0 Å². The lowest BCUT2D eigenvalue weighted by Gasteiger charge is -2.36. The topological polar surface area (TPSA) is 18.5 Å². The van der Waals surface area contributed by atoms with Gasteiger partial charge >= 0.3 is 0 Å². The van der Waals surface area contributed by atoms with Crippen molar-refractivity contribution in [3.63, 3.8) is 0 Å². The Kier molecular flexibility index (Phi) is 4.94. The molecule has 1 aromatic carbocycles. The molecule has 2 fully saturated rings. The molecule has 0 aliphatic carbocycles. The summed E-state index contributed by atoms with van der Waals surface area (Å²) in [5.74, 6) is 0. The highest BCUT2D eigenvalue weighted by Gasteiger charge is 2.22. The van der Waals surface area contributed by atoms with Gasteiger partial charge in [-0.3, -0.25) is 9.80 Å². The molecule has 0 saturated carbocycles. The van der Waals surface area contributed by atoms with E-state index in [1.165, 1.54) is 44.6 Å². The first-order chi connectivity index (χ1) is 9.81. The van der Waals surface area contributed by atoms with Crippen LogP contribution >= 0.6 is 11.6 Å². The lowest BCUT2D eigenvalue weighted by Crippen LogP contribution is -2.49. The second kappa shape index (κ2) is 6.90. The number of hydrogen-bond donors (Lipinski definition) is 1. The molecule has 3 nitrogen and oxygen atoms in total. The van der Waals surface area contributed by atoms with Gasteiger partial charge in [-0.05, 0) is 31.0 Å². The van der Waals surface area contributed by atoms with Gasteiger partial charge in [0, 0.05) is 50.3 Å². The summed E-state index contributed by atoms with van der Waals surface area (Å²) in [6, 6.07) is 8.92. The Morgan fingerprint density at radius 1 is 1.10 bits per heavy atom. The van der Waals surface area contributed by atoms with E-state index < -0.39 is 0 Å². The second-order valence-electron chi connectivity index (χ2n) is 5.96. The molecule has 2 heterocycles. The van der Waals surface area contributed by atoms with Gasteiger partial charge in [-0.25, -0.2) is 0 Å². The second-order valence-corrected chi connectivity index (χ2v) is 6.37. The van der Waals surface area contributed by atoms with Crippen molar-refractivity contribution < 1.29 is 0 Å². The zero-order chi connectivity index (χ0) is 13.8. The van der Waals surface area contributed by atoms with Gasteiger partial charge < -0.3 is 5.32 Å². The summed E-state index contributed by atoms with van der Waals surface area (Å²) in [7, 11) is 0. The molecule has 0 aromatic heterocycles. The molecule has 1 aromatic rings. The van der Waals surface area contributed by atoms with Crippen LogP contribution in [0.25, 0.3) is 0 Å². The lowest BCUT2D eigenvalue weighted by atomic mass is 10.1. The van der Waals surface area contributed by atoms with Gasteiger partial charge in [0.2, 0.25) is 0 Å². The highest BCUT2D eigenvalue weighted by atomic mass is 35.5. The molecule has 4 heteroatoms. The first-order valence-corrected chi connectivity index (χ1v) is 8.10. The third kappa shape index (κ3) is 3.73. The monoisotopic (exact) mass is 293 g/mol. The number of halogens is 1. The molecule has 20 heavy (non-hydrogen) atoms. The summed E-state index contributed by atoms with van der Waals surface area (Å²) in [4.78, 5) is 5.12. The predicted octanol–water partition coefficient (Wildman–Crippen LogP) is 2.21. The van der Waals surface area contributed by atoms with Gasteiger partial charge in [0.15, 0.2) is 0 Å². The molecule has 0 amide bonds. The fourth-order valence-electron chi connectivity index (χ4n) is 3.22. The van der Waals surface area contributed by atoms with Crippen LogP contribution in [0.3, 0.4) is 0 Å². The standard InChI is InChI=1S/C16H24ClN3/c17-16-6-2-1-4-14(16)12-19-8-10-20(11-9-19)13-15-5-3-7-18-15/h1-2,4,6,15,18H,3,5,7-13H2. The maximum absolute atomic E-state index is 6.24. The smallest absolute Gasteiger partial charge is 0.0451 e. The van der Waals surface area contributed by atoms with Crippen LogP contribution in [0.1, 0.15) is 18.4 Å². The number of benzene rings is 1. The Hall–Kier alpha value is -0.610. The van der Waals surface area contributed by atoms with Crippen molar-refractivity contribution in [1.82, 2.24) is 15.1 Å². The molecule has 0 radical (unpaired) electrons. The third-order valence-corrected chi connectivity index (χ3v) is 4.83. The number of rotatable bonds is 4. The van der Waals surface area contributed by atoms with Crippen LogP contribution in [0.5, 0.6) is 0 Å². The Morgan fingerprint density at radius 2 is 1.85 bits per heavy atom. The molecule has 0 bridgehead atoms. The van der Waals surface area contributed by atoms with Gasteiger partial charge in [0.05, 0.1) is 0 Å². The van der Waals surface area contributed by atoms with Gasteiger partial charge in [-0.1, -0.05) is 29.8 Å². The van der Waals surface area contributed by atoms with E-state index >= 15 is 0 Å². The van der Waals surface area contributed by atoms with E-state index in [0.717, 1.165) is 30.7 Å². The molecule has 110 valence electrons. The average Bonchev–Trinajstić information content (AvgIpc) is 2.96. The normalized spacial score (nSPS) is 25.1. The number of nitrogens with zero attached hydrogens (tertiary/aromatic N) is 2. The van der Waals surface area contributed by atoms with E-state index in [1.54, 1.807) is 0 Å². The quantitative estimate of drug-likeness (QED) is 0.918. The van der Waals surface area contributed by atoms with Crippen molar-refractivity contribution in [3.05, 3.63) is 34.9 Å². The first-order valence-electron chi connectivity index (χ1n) is 7.73. The van der Waals surface area contributed by atoms with Crippen LogP contribution in [0.15, 0.2) is 24.3 Å². The molecule has 3 rings (SSSR count). The van der Waals surface area contributed by atoms with Crippen molar-refractivity contribution >= 4 is 11.6 Å². The molecule has 1 N–H and O–H groups in total. The zero-order valence-electron chi connectivity index (χ0n) is 12.0. The van der Waals surface area contributed by atoms with E-state index in [1.807, 2.05) is 12.1 Å². The number of piperazine rings is 1. The summed E-state index contributed by atoms with van der Waals surface area (Å²) in [6.07, 6.45) is 2.69. The van der Waals surface area contributed by atoms with E-state index in [9.17, 15) is 0 Å². The summed E-state index contributed by atoms with van der Waals surface area (Å²) in [5.41, 5.74) is 1.25. The SMILES string of the molecule is Clc1ccccc1CN1CCN(CC2CCCN2)CC1. The Morgan fingerprint density at radius 3 is 2.55 bits per heavy atom. The van der Waals surface area contributed by atoms with Gasteiger partial charge in [0.25, 0.3) is 0 Å². The molecular formula is C16H24ClN3. The highest BCUT2D eigenvalue weighted by molar-refractivity contribution is 6.31. The number of hydrogen-bond acceptors (Lipinski definition) is 3. The lowest BCUT2D eigenvalue weighted by molar-refractivity contribution is 0.120. The Labute approximate surface area is 126 Å². The maximum atomic E-state index is 6.24. The van der Waals surface area contributed by atoms with E-state index in [0.29, 0.717) is 0 Å². The molecular weight excluding hydrogens is 270 g/mol. The van der Waals surface area contributed by atoms with E-state index in [2.05, 4.69) is 27.2 Å². The predicted molar refractivity (Wildman–Crippen MR) is 84.2 cm³/mol. The molecule has 2 saturated heterocycles. The van der Waals surface area contributed by atoms with Crippen molar-refractivity contribution in [2.45, 2.75) is 25.4 Å². The Balaban J connectivity index is 1.45. The van der Waals surface area contributed by atoms with E-state index in [4.69, 9.17) is 11.6 Å². The van der Waals surface area contributed by atoms with Gasteiger partial charge in [-0.15, -0.1) is 0 Å². The van der Waals surface area contributed by atoms with Crippen molar-refractivity contribution in [2.75, 3.05) is 39.3 Å². The zero-order valence-corrected chi connectivity index (χ0v) is 12.8. The minimum Gasteiger partial charge on any atom is -0.313 e. The van der Waals surface area contributed by atoms with E-state index in [-0.39, 0.29) is 0 Å². The summed E-state index contributed by atoms with van der Waals surface area (Å²) >= 11 is 6.24. The fraction of sp³-hybridized carbons (Fsp3) is 0.625. The highest BCUT2D eigenvalue weighted by Crippen LogP contribution is 2.18. The van der Waals surface area contributed by atoms with Gasteiger partial charge in [-0.2, -0.15) is 0 Å². The summed E-state index contributed by atoms with van der Waals surface area (Å²) in [6.45, 7) is 8.08. The minimum atomic E-state index is 0.727. The van der Waals surface area contributed by atoms with Crippen LogP contribution in [-0.4, -0.2) is 55.1 Å². The molecule has 1 atom stereocenters. The van der Waals surface area contributed by atoms with Crippen LogP contribution < -0.4 is 5.32 Å².